The van der Waals surface area contributed by atoms with E-state index in [-0.39, 0.29) is 0 Å². The molecule has 0 amide bonds. The molecule has 0 saturated carbocycles. The monoisotopic (exact) mass is 267 g/mol. The largest absolute Gasteiger partial charge is 0.246 e. The molecule has 0 aliphatic carbocycles. The Morgan fingerprint density at radius 3 is 2.74 bits per heavy atom. The van der Waals surface area contributed by atoms with Gasteiger partial charge in [0.1, 0.15) is 5.01 Å². The summed E-state index contributed by atoms with van der Waals surface area (Å²) in [5.74, 6) is 0.461. The predicted molar refractivity (Wildman–Crippen MR) is 80.5 cm³/mol. The van der Waals surface area contributed by atoms with Gasteiger partial charge in [0.15, 0.2) is 0 Å². The van der Waals surface area contributed by atoms with E-state index in [1.165, 1.54) is 5.56 Å². The molecule has 0 spiro atoms. The van der Waals surface area contributed by atoms with E-state index in [0.29, 0.717) is 5.92 Å². The van der Waals surface area contributed by atoms with Crippen LogP contribution in [0.1, 0.15) is 31.0 Å². The van der Waals surface area contributed by atoms with Gasteiger partial charge >= 0.3 is 0 Å². The number of rotatable bonds is 2. The second-order valence-corrected chi connectivity index (χ2v) is 5.83. The van der Waals surface area contributed by atoms with Crippen LogP contribution in [-0.2, 0) is 0 Å². The van der Waals surface area contributed by atoms with Crippen LogP contribution < -0.4 is 0 Å². The molecule has 0 saturated heterocycles. The maximum Gasteiger partial charge on any atom is 0.124 e. The molecule has 95 valence electrons. The number of para-hydroxylation sites is 1. The SMILES string of the molecule is Cc1[c]nc2ccccc2c1-c1nc(C(C)C)cs1. The van der Waals surface area contributed by atoms with Crippen LogP contribution in [-0.4, -0.2) is 9.97 Å². The Labute approximate surface area is 117 Å². The first-order chi connectivity index (χ1) is 9.16. The Balaban J connectivity index is 2.25. The summed E-state index contributed by atoms with van der Waals surface area (Å²) in [5, 5.41) is 4.37. The van der Waals surface area contributed by atoms with E-state index in [9.17, 15) is 0 Å². The molecular formula is C16H15N2S. The fraction of sp³-hybridized carbons (Fsp3) is 0.250. The van der Waals surface area contributed by atoms with E-state index in [1.54, 1.807) is 11.3 Å². The number of aryl methyl sites for hydroxylation is 1. The molecule has 1 aromatic carbocycles. The Bertz CT molecular complexity index is 728. The van der Waals surface area contributed by atoms with Gasteiger partial charge in [-0.3, -0.25) is 0 Å². The number of benzene rings is 1. The Morgan fingerprint density at radius 1 is 1.21 bits per heavy atom. The van der Waals surface area contributed by atoms with Gasteiger partial charge < -0.3 is 0 Å². The number of thiazole rings is 1. The molecule has 19 heavy (non-hydrogen) atoms. The molecule has 1 radical (unpaired) electrons. The molecule has 0 aliphatic heterocycles. The molecule has 0 bridgehead atoms. The van der Waals surface area contributed by atoms with E-state index < -0.39 is 0 Å². The third-order valence-electron chi connectivity index (χ3n) is 3.22. The van der Waals surface area contributed by atoms with Gasteiger partial charge in [0, 0.05) is 16.3 Å². The predicted octanol–water partition coefficient (Wildman–Crippen LogP) is 4.59. The fourth-order valence-corrected chi connectivity index (χ4v) is 3.22. The molecule has 0 unspecified atom stereocenters. The van der Waals surface area contributed by atoms with Crippen LogP contribution in [0.3, 0.4) is 0 Å². The van der Waals surface area contributed by atoms with Gasteiger partial charge in [0.2, 0.25) is 0 Å². The zero-order valence-corrected chi connectivity index (χ0v) is 12.1. The maximum absolute atomic E-state index is 4.76. The van der Waals surface area contributed by atoms with Crippen LogP contribution in [0.15, 0.2) is 29.6 Å². The summed E-state index contributed by atoms with van der Waals surface area (Å²) in [7, 11) is 0. The van der Waals surface area contributed by atoms with Crippen molar-refractivity contribution in [1.29, 1.82) is 0 Å². The summed E-state index contributed by atoms with van der Waals surface area (Å²) in [6.07, 6.45) is 3.10. The van der Waals surface area contributed by atoms with Gasteiger partial charge in [-0.1, -0.05) is 32.0 Å². The molecule has 3 rings (SSSR count). The second kappa shape index (κ2) is 4.74. The highest BCUT2D eigenvalue weighted by Gasteiger charge is 2.13. The van der Waals surface area contributed by atoms with Crippen LogP contribution in [0.2, 0.25) is 0 Å². The van der Waals surface area contributed by atoms with Crippen LogP contribution >= 0.6 is 11.3 Å². The van der Waals surface area contributed by atoms with Crippen LogP contribution in [0, 0.1) is 13.1 Å². The minimum atomic E-state index is 0.461. The van der Waals surface area contributed by atoms with Crippen molar-refractivity contribution in [2.75, 3.05) is 0 Å². The average molecular weight is 267 g/mol. The number of pyridine rings is 1. The number of fused-ring (bicyclic) bond motifs is 1. The third-order valence-corrected chi connectivity index (χ3v) is 4.10. The van der Waals surface area contributed by atoms with Gasteiger partial charge in [-0.2, -0.15) is 0 Å². The average Bonchev–Trinajstić information content (AvgIpc) is 2.88. The lowest BCUT2D eigenvalue weighted by Gasteiger charge is -2.06. The van der Waals surface area contributed by atoms with E-state index in [2.05, 4.69) is 36.5 Å². The number of aromatic nitrogens is 2. The lowest BCUT2D eigenvalue weighted by atomic mass is 10.1. The highest BCUT2D eigenvalue weighted by Crippen LogP contribution is 2.33. The molecule has 3 aromatic rings. The second-order valence-electron chi connectivity index (χ2n) is 4.97. The van der Waals surface area contributed by atoms with Crippen LogP contribution in [0.4, 0.5) is 0 Å². The zero-order valence-electron chi connectivity index (χ0n) is 11.3. The van der Waals surface area contributed by atoms with E-state index in [4.69, 9.17) is 4.98 Å². The zero-order chi connectivity index (χ0) is 13.4. The lowest BCUT2D eigenvalue weighted by Crippen LogP contribution is -1.91. The summed E-state index contributed by atoms with van der Waals surface area (Å²) >= 11 is 1.70. The number of hydrogen-bond acceptors (Lipinski definition) is 3. The molecule has 0 aliphatic rings. The van der Waals surface area contributed by atoms with Gasteiger partial charge in [-0.05, 0) is 24.5 Å². The van der Waals surface area contributed by atoms with Gasteiger partial charge in [0.25, 0.3) is 0 Å². The molecular weight excluding hydrogens is 252 g/mol. The Hall–Kier alpha value is -1.74. The molecule has 0 atom stereocenters. The first kappa shape index (κ1) is 12.3. The number of nitrogens with zero attached hydrogens (tertiary/aromatic N) is 2. The molecule has 2 heterocycles. The normalized spacial score (nSPS) is 11.4. The van der Waals surface area contributed by atoms with Gasteiger partial charge in [-0.25, -0.2) is 9.97 Å². The molecule has 3 heteroatoms. The summed E-state index contributed by atoms with van der Waals surface area (Å²) in [6.45, 7) is 6.39. The van der Waals surface area contributed by atoms with Crippen molar-refractivity contribution in [3.8, 4) is 10.6 Å². The van der Waals surface area contributed by atoms with Crippen molar-refractivity contribution in [3.63, 3.8) is 0 Å². The van der Waals surface area contributed by atoms with E-state index in [0.717, 1.165) is 27.2 Å². The van der Waals surface area contributed by atoms with Crippen LogP contribution in [0.5, 0.6) is 0 Å². The van der Waals surface area contributed by atoms with Crippen molar-refractivity contribution in [2.24, 2.45) is 0 Å². The number of hydrogen-bond donors (Lipinski definition) is 0. The summed E-state index contributed by atoms with van der Waals surface area (Å²) in [6, 6.07) is 8.17. The van der Waals surface area contributed by atoms with E-state index in [1.807, 2.05) is 25.1 Å². The standard InChI is InChI=1S/C16H15N2S/c1-10(2)14-9-19-16(18-14)15-11(3)8-17-13-7-5-4-6-12(13)15/h4-7,9-10H,1-3H3. The van der Waals surface area contributed by atoms with Crippen molar-refractivity contribution in [1.82, 2.24) is 9.97 Å². The van der Waals surface area contributed by atoms with Crippen molar-refractivity contribution >= 4 is 22.2 Å². The quantitative estimate of drug-likeness (QED) is 0.678. The molecule has 2 aromatic heterocycles. The highest BCUT2D eigenvalue weighted by molar-refractivity contribution is 7.13. The van der Waals surface area contributed by atoms with E-state index >= 15 is 0 Å². The maximum atomic E-state index is 4.76. The fourth-order valence-electron chi connectivity index (χ4n) is 2.13. The van der Waals surface area contributed by atoms with Crippen molar-refractivity contribution in [3.05, 3.63) is 47.1 Å². The Morgan fingerprint density at radius 2 is 2.00 bits per heavy atom. The van der Waals surface area contributed by atoms with Crippen molar-refractivity contribution in [2.45, 2.75) is 26.7 Å². The van der Waals surface area contributed by atoms with Crippen molar-refractivity contribution < 1.29 is 0 Å². The molecule has 2 nitrogen and oxygen atoms in total. The highest BCUT2D eigenvalue weighted by atomic mass is 32.1. The first-order valence-corrected chi connectivity index (χ1v) is 7.27. The van der Waals surface area contributed by atoms with Gasteiger partial charge in [-0.15, -0.1) is 11.3 Å². The molecule has 0 N–H and O–H groups in total. The lowest BCUT2D eigenvalue weighted by molar-refractivity contribution is 0.834. The van der Waals surface area contributed by atoms with Gasteiger partial charge in [0.05, 0.1) is 17.4 Å². The minimum Gasteiger partial charge on any atom is -0.246 e. The summed E-state index contributed by atoms with van der Waals surface area (Å²) in [5.41, 5.74) is 4.36. The third kappa shape index (κ3) is 2.15. The minimum absolute atomic E-state index is 0.461. The molecule has 0 fully saturated rings. The smallest absolute Gasteiger partial charge is 0.124 e. The Kier molecular flexibility index (Phi) is 3.07. The summed E-state index contributed by atoms with van der Waals surface area (Å²) in [4.78, 5) is 9.12. The summed E-state index contributed by atoms with van der Waals surface area (Å²) < 4.78 is 0. The topological polar surface area (TPSA) is 25.8 Å². The first-order valence-electron chi connectivity index (χ1n) is 6.39. The van der Waals surface area contributed by atoms with Crippen LogP contribution in [0.25, 0.3) is 21.5 Å².